The van der Waals surface area contributed by atoms with Crippen molar-refractivity contribution in [2.75, 3.05) is 40.0 Å². The molecular formula is C31H36N2O5S. The summed E-state index contributed by atoms with van der Waals surface area (Å²) in [6, 6.07) is 15.0. The Labute approximate surface area is 234 Å². The molecular weight excluding hydrogens is 512 g/mol. The van der Waals surface area contributed by atoms with Crippen LogP contribution in [0.15, 0.2) is 53.9 Å². The predicted octanol–water partition coefficient (Wildman–Crippen LogP) is 5.20. The molecule has 2 aliphatic heterocycles. The molecule has 5 rings (SSSR count). The number of rotatable bonds is 9. The molecule has 0 aliphatic carbocycles. The van der Waals surface area contributed by atoms with Gasteiger partial charge in [0.05, 0.1) is 19.3 Å². The number of methoxy groups -OCH3 is 1. The van der Waals surface area contributed by atoms with E-state index < -0.39 is 0 Å². The Morgan fingerprint density at radius 3 is 2.67 bits per heavy atom. The van der Waals surface area contributed by atoms with E-state index in [1.165, 1.54) is 10.4 Å². The summed E-state index contributed by atoms with van der Waals surface area (Å²) >= 11 is 1.73. The van der Waals surface area contributed by atoms with Crippen LogP contribution in [0.2, 0.25) is 0 Å². The average molecular weight is 549 g/mol. The van der Waals surface area contributed by atoms with Crippen molar-refractivity contribution in [2.45, 2.75) is 45.3 Å². The minimum atomic E-state index is -0.214. The molecule has 2 atom stereocenters. The van der Waals surface area contributed by atoms with E-state index in [4.69, 9.17) is 14.2 Å². The van der Waals surface area contributed by atoms with E-state index in [1.807, 2.05) is 24.0 Å². The Kier molecular flexibility index (Phi) is 8.53. The molecule has 2 amide bonds. The van der Waals surface area contributed by atoms with Gasteiger partial charge in [-0.05, 0) is 86.0 Å². The topological polar surface area (TPSA) is 68.3 Å². The molecule has 0 spiro atoms. The third-order valence-corrected chi connectivity index (χ3v) is 8.54. The molecule has 0 saturated carbocycles. The summed E-state index contributed by atoms with van der Waals surface area (Å²) < 4.78 is 17.4. The van der Waals surface area contributed by atoms with E-state index in [0.29, 0.717) is 37.6 Å². The monoisotopic (exact) mass is 548 g/mol. The maximum absolute atomic E-state index is 13.9. The molecule has 1 aromatic heterocycles. The summed E-state index contributed by atoms with van der Waals surface area (Å²) in [5.74, 6) is 1.24. The standard InChI is InChI=1S/C31H36N2O5S/c1-21-6-11-28(22(2)17-21)38-20-27-26-13-16-39-29(26)12-14-33(27)30(34)19-32(18-25-5-4-15-37-25)31(35)23-7-9-24(36-3)10-8-23/h6-11,13,16-17,25,27H,4-5,12,14-15,18-20H2,1-3H3/t25-,27+/m1/s1. The quantitative estimate of drug-likeness (QED) is 0.368. The second kappa shape index (κ2) is 12.2. The maximum Gasteiger partial charge on any atom is 0.254 e. The van der Waals surface area contributed by atoms with E-state index in [1.54, 1.807) is 47.6 Å². The third-order valence-electron chi connectivity index (χ3n) is 7.54. The van der Waals surface area contributed by atoms with Gasteiger partial charge in [0.25, 0.3) is 5.91 Å². The van der Waals surface area contributed by atoms with Crippen molar-refractivity contribution in [3.05, 3.63) is 81.0 Å². The van der Waals surface area contributed by atoms with Gasteiger partial charge in [0.2, 0.25) is 5.91 Å². The summed E-state index contributed by atoms with van der Waals surface area (Å²) in [5, 5.41) is 2.08. The summed E-state index contributed by atoms with van der Waals surface area (Å²) in [6.45, 7) is 6.12. The molecule has 7 nitrogen and oxygen atoms in total. The zero-order valence-corrected chi connectivity index (χ0v) is 23.7. The van der Waals surface area contributed by atoms with Crippen LogP contribution in [-0.4, -0.2) is 67.7 Å². The Balaban J connectivity index is 1.35. The van der Waals surface area contributed by atoms with Crippen LogP contribution in [0, 0.1) is 13.8 Å². The predicted molar refractivity (Wildman–Crippen MR) is 152 cm³/mol. The molecule has 8 heteroatoms. The molecule has 3 heterocycles. The second-order valence-electron chi connectivity index (χ2n) is 10.3. The first-order chi connectivity index (χ1) is 18.9. The van der Waals surface area contributed by atoms with Crippen molar-refractivity contribution in [1.29, 1.82) is 0 Å². The van der Waals surface area contributed by atoms with Crippen LogP contribution in [-0.2, 0) is 16.0 Å². The number of nitrogens with zero attached hydrogens (tertiary/aromatic N) is 2. The number of thiophene rings is 1. The molecule has 0 bridgehead atoms. The first kappa shape index (κ1) is 27.2. The van der Waals surface area contributed by atoms with Crippen molar-refractivity contribution in [3.63, 3.8) is 0 Å². The average Bonchev–Trinajstić information content (AvgIpc) is 3.64. The third kappa shape index (κ3) is 6.28. The zero-order valence-electron chi connectivity index (χ0n) is 22.9. The van der Waals surface area contributed by atoms with E-state index in [9.17, 15) is 9.59 Å². The van der Waals surface area contributed by atoms with Crippen LogP contribution >= 0.6 is 11.3 Å². The van der Waals surface area contributed by atoms with Crippen molar-refractivity contribution >= 4 is 23.2 Å². The Hall–Kier alpha value is -3.36. The van der Waals surface area contributed by atoms with Gasteiger partial charge in [0.15, 0.2) is 0 Å². The maximum atomic E-state index is 13.9. The number of hydrogen-bond acceptors (Lipinski definition) is 6. The van der Waals surface area contributed by atoms with Crippen LogP contribution in [0.4, 0.5) is 0 Å². The van der Waals surface area contributed by atoms with Crippen molar-refractivity contribution in [2.24, 2.45) is 0 Å². The van der Waals surface area contributed by atoms with Crippen molar-refractivity contribution in [3.8, 4) is 11.5 Å². The van der Waals surface area contributed by atoms with E-state index in [-0.39, 0.29) is 30.5 Å². The second-order valence-corrected chi connectivity index (χ2v) is 11.3. The molecule has 2 aliphatic rings. The summed E-state index contributed by atoms with van der Waals surface area (Å²) in [7, 11) is 1.59. The van der Waals surface area contributed by atoms with E-state index in [2.05, 4.69) is 24.4 Å². The minimum Gasteiger partial charge on any atom is -0.497 e. The Morgan fingerprint density at radius 2 is 1.95 bits per heavy atom. The molecule has 1 saturated heterocycles. The first-order valence-corrected chi connectivity index (χ1v) is 14.4. The molecule has 2 aromatic carbocycles. The Bertz CT molecular complexity index is 1300. The molecule has 3 aromatic rings. The number of ether oxygens (including phenoxy) is 3. The fourth-order valence-electron chi connectivity index (χ4n) is 5.43. The van der Waals surface area contributed by atoms with Crippen molar-refractivity contribution in [1.82, 2.24) is 9.80 Å². The molecule has 1 fully saturated rings. The van der Waals surface area contributed by atoms with Gasteiger partial charge in [-0.15, -0.1) is 11.3 Å². The first-order valence-electron chi connectivity index (χ1n) is 13.5. The van der Waals surface area contributed by atoms with Gasteiger partial charge in [0.1, 0.15) is 24.7 Å². The lowest BCUT2D eigenvalue weighted by molar-refractivity contribution is -0.135. The van der Waals surface area contributed by atoms with Gasteiger partial charge in [-0.1, -0.05) is 17.7 Å². The summed E-state index contributed by atoms with van der Waals surface area (Å²) in [5.41, 5.74) is 3.91. The van der Waals surface area contributed by atoms with Gasteiger partial charge in [-0.25, -0.2) is 0 Å². The molecule has 0 N–H and O–H groups in total. The normalized spacial score (nSPS) is 18.5. The number of aryl methyl sites for hydroxylation is 2. The summed E-state index contributed by atoms with van der Waals surface area (Å²) in [4.78, 5) is 32.3. The summed E-state index contributed by atoms with van der Waals surface area (Å²) in [6.07, 6.45) is 2.59. The van der Waals surface area contributed by atoms with Gasteiger partial charge in [-0.2, -0.15) is 0 Å². The Morgan fingerprint density at radius 1 is 1.13 bits per heavy atom. The zero-order chi connectivity index (χ0) is 27.4. The van der Waals surface area contributed by atoms with Gasteiger partial charge in [0, 0.05) is 30.1 Å². The van der Waals surface area contributed by atoms with Crippen LogP contribution < -0.4 is 9.47 Å². The highest BCUT2D eigenvalue weighted by Gasteiger charge is 2.34. The largest absolute Gasteiger partial charge is 0.497 e. The lowest BCUT2D eigenvalue weighted by atomic mass is 10.00. The number of hydrogen-bond donors (Lipinski definition) is 0. The molecule has 39 heavy (non-hydrogen) atoms. The highest BCUT2D eigenvalue weighted by Crippen LogP contribution is 2.34. The van der Waals surface area contributed by atoms with Crippen molar-refractivity contribution < 1.29 is 23.8 Å². The SMILES string of the molecule is COc1ccc(C(=O)N(CC(=O)N2CCc3sccc3[C@@H]2COc2ccc(C)cc2C)C[C@H]2CCCO2)cc1. The highest BCUT2D eigenvalue weighted by atomic mass is 32.1. The van der Waals surface area contributed by atoms with Crippen LogP contribution in [0.1, 0.15) is 50.8 Å². The number of carbonyl (C=O) groups excluding carboxylic acids is 2. The fourth-order valence-corrected chi connectivity index (χ4v) is 6.36. The van der Waals surface area contributed by atoms with Gasteiger partial charge in [-0.3, -0.25) is 9.59 Å². The lowest BCUT2D eigenvalue weighted by Crippen LogP contribution is -2.49. The van der Waals surface area contributed by atoms with E-state index >= 15 is 0 Å². The lowest BCUT2D eigenvalue weighted by Gasteiger charge is -2.37. The molecule has 0 radical (unpaired) electrons. The van der Waals surface area contributed by atoms with Crippen LogP contribution in [0.5, 0.6) is 11.5 Å². The van der Waals surface area contributed by atoms with E-state index in [0.717, 1.165) is 36.1 Å². The number of benzene rings is 2. The minimum absolute atomic E-state index is 0.00967. The number of fused-ring (bicyclic) bond motifs is 1. The molecule has 206 valence electrons. The number of amides is 2. The fraction of sp³-hybridized carbons (Fsp3) is 0.419. The van der Waals surface area contributed by atoms with Gasteiger partial charge < -0.3 is 24.0 Å². The van der Waals surface area contributed by atoms with Gasteiger partial charge >= 0.3 is 0 Å². The highest BCUT2D eigenvalue weighted by molar-refractivity contribution is 7.10. The number of carbonyl (C=O) groups is 2. The smallest absolute Gasteiger partial charge is 0.254 e. The van der Waals surface area contributed by atoms with Crippen LogP contribution in [0.3, 0.4) is 0 Å². The molecule has 0 unspecified atom stereocenters. The van der Waals surface area contributed by atoms with Crippen LogP contribution in [0.25, 0.3) is 0 Å².